The van der Waals surface area contributed by atoms with Gasteiger partial charge in [-0.05, 0) is 0 Å². The molecule has 2 rings (SSSR count). The van der Waals surface area contributed by atoms with Crippen LogP contribution in [0.15, 0.2) is 24.5 Å². The number of carbonyl (C=O) groups is 1. The number of ether oxygens (including phenoxy) is 1. The van der Waals surface area contributed by atoms with Crippen molar-refractivity contribution in [3.63, 3.8) is 0 Å². The lowest BCUT2D eigenvalue weighted by Gasteiger charge is -2.08. The van der Waals surface area contributed by atoms with E-state index in [4.69, 9.17) is 0 Å². The zero-order valence-corrected chi connectivity index (χ0v) is 9.83. The van der Waals surface area contributed by atoms with Gasteiger partial charge in [0.05, 0.1) is 19.0 Å². The van der Waals surface area contributed by atoms with Crippen molar-refractivity contribution in [3.8, 4) is 5.75 Å². The number of aromatic nitrogens is 2. The minimum Gasteiger partial charge on any atom is -0.491 e. The van der Waals surface area contributed by atoms with Crippen molar-refractivity contribution < 1.29 is 18.3 Å². The van der Waals surface area contributed by atoms with Crippen molar-refractivity contribution >= 4 is 17.4 Å². The van der Waals surface area contributed by atoms with Crippen LogP contribution >= 0.6 is 0 Å². The lowest BCUT2D eigenvalue weighted by molar-refractivity contribution is 0.262. The van der Waals surface area contributed by atoms with E-state index in [2.05, 4.69) is 25.6 Å². The summed E-state index contributed by atoms with van der Waals surface area (Å²) in [6.45, 7) is 0. The van der Waals surface area contributed by atoms with Crippen molar-refractivity contribution in [3.05, 3.63) is 36.2 Å². The summed E-state index contributed by atoms with van der Waals surface area (Å²) >= 11 is 0. The molecule has 0 atom stereocenters. The number of methoxy groups -OCH3 is 1. The van der Waals surface area contributed by atoms with Crippen LogP contribution in [0, 0.1) is 11.6 Å². The molecule has 8 heteroatoms. The third-order valence-electron chi connectivity index (χ3n) is 2.22. The summed E-state index contributed by atoms with van der Waals surface area (Å²) < 4.78 is 31.3. The Balaban J connectivity index is 2.09. The number of urea groups is 1. The number of H-pyrrole nitrogens is 1. The molecular weight excluding hydrogens is 258 g/mol. The molecule has 0 radical (unpaired) electrons. The fraction of sp³-hybridized carbons (Fsp3) is 0.0909. The van der Waals surface area contributed by atoms with Crippen LogP contribution in [0.5, 0.6) is 5.75 Å². The lowest BCUT2D eigenvalue weighted by Crippen LogP contribution is -2.19. The largest absolute Gasteiger partial charge is 0.491 e. The van der Waals surface area contributed by atoms with E-state index in [-0.39, 0.29) is 5.69 Å². The second-order valence-electron chi connectivity index (χ2n) is 3.54. The predicted octanol–water partition coefficient (Wildman–Crippen LogP) is 2.34. The van der Waals surface area contributed by atoms with E-state index < -0.39 is 23.4 Å². The lowest BCUT2D eigenvalue weighted by atomic mass is 10.2. The Bertz CT molecular complexity index is 563. The first kappa shape index (κ1) is 12.8. The van der Waals surface area contributed by atoms with Crippen LogP contribution in [0.25, 0.3) is 0 Å². The van der Waals surface area contributed by atoms with Gasteiger partial charge in [-0.25, -0.2) is 13.6 Å². The van der Waals surface area contributed by atoms with Crippen molar-refractivity contribution in [1.82, 2.24) is 10.2 Å². The SMILES string of the molecule is COc1c(F)cc(NC(=O)Nc2cn[nH]c2)cc1F. The molecule has 0 aliphatic heterocycles. The third kappa shape index (κ3) is 2.97. The standard InChI is InChI=1S/C11H10F2N4O2/c1-19-10-8(12)2-6(3-9(10)13)16-11(18)17-7-4-14-15-5-7/h2-5H,1H3,(H,14,15)(H2,16,17,18). The fourth-order valence-electron chi connectivity index (χ4n) is 1.44. The summed E-state index contributed by atoms with van der Waals surface area (Å²) in [4.78, 5) is 11.5. The first-order valence-electron chi connectivity index (χ1n) is 5.20. The molecule has 0 aliphatic rings. The molecule has 100 valence electrons. The number of carbonyl (C=O) groups excluding carboxylic acids is 1. The Kier molecular flexibility index (Phi) is 3.60. The van der Waals surface area contributed by atoms with Crippen molar-refractivity contribution in [2.45, 2.75) is 0 Å². The molecule has 6 nitrogen and oxygen atoms in total. The molecule has 1 heterocycles. The van der Waals surface area contributed by atoms with Crippen LogP contribution in [0.1, 0.15) is 0 Å². The summed E-state index contributed by atoms with van der Waals surface area (Å²) in [7, 11) is 1.15. The van der Waals surface area contributed by atoms with E-state index in [9.17, 15) is 13.6 Å². The number of benzene rings is 1. The Hall–Kier alpha value is -2.64. The monoisotopic (exact) mass is 268 g/mol. The molecule has 0 aliphatic carbocycles. The van der Waals surface area contributed by atoms with Gasteiger partial charge < -0.3 is 15.4 Å². The van der Waals surface area contributed by atoms with Gasteiger partial charge in [0.15, 0.2) is 17.4 Å². The van der Waals surface area contributed by atoms with E-state index >= 15 is 0 Å². The molecule has 0 spiro atoms. The molecule has 0 bridgehead atoms. The molecule has 3 N–H and O–H groups in total. The molecule has 2 aromatic rings. The fourth-order valence-corrected chi connectivity index (χ4v) is 1.44. The van der Waals surface area contributed by atoms with Gasteiger partial charge in [0.2, 0.25) is 0 Å². The van der Waals surface area contributed by atoms with Gasteiger partial charge in [-0.2, -0.15) is 5.10 Å². The predicted molar refractivity (Wildman–Crippen MR) is 64.1 cm³/mol. The number of nitrogens with one attached hydrogen (secondary N) is 3. The van der Waals surface area contributed by atoms with Gasteiger partial charge in [0.25, 0.3) is 0 Å². The Labute approximate surface area is 106 Å². The summed E-state index contributed by atoms with van der Waals surface area (Å²) in [6, 6.07) is 1.26. The van der Waals surface area contributed by atoms with Gasteiger partial charge in [-0.15, -0.1) is 0 Å². The van der Waals surface area contributed by atoms with Crippen molar-refractivity contribution in [2.24, 2.45) is 0 Å². The first-order valence-corrected chi connectivity index (χ1v) is 5.20. The van der Waals surface area contributed by atoms with Crippen LogP contribution in [0.4, 0.5) is 25.0 Å². The number of aromatic amines is 1. The number of anilines is 2. The average molecular weight is 268 g/mol. The molecule has 1 aromatic carbocycles. The molecule has 1 aromatic heterocycles. The van der Waals surface area contributed by atoms with E-state index in [0.29, 0.717) is 5.69 Å². The number of hydrogen-bond donors (Lipinski definition) is 3. The maximum Gasteiger partial charge on any atom is 0.323 e. The zero-order valence-electron chi connectivity index (χ0n) is 9.83. The van der Waals surface area contributed by atoms with Gasteiger partial charge in [0, 0.05) is 24.0 Å². The Morgan fingerprint density at radius 3 is 2.42 bits per heavy atom. The van der Waals surface area contributed by atoms with Crippen molar-refractivity contribution in [1.29, 1.82) is 0 Å². The van der Waals surface area contributed by atoms with Crippen LogP contribution in [0.3, 0.4) is 0 Å². The highest BCUT2D eigenvalue weighted by Gasteiger charge is 2.13. The summed E-state index contributed by atoms with van der Waals surface area (Å²) in [5.41, 5.74) is 0.392. The van der Waals surface area contributed by atoms with Crippen LogP contribution < -0.4 is 15.4 Å². The zero-order chi connectivity index (χ0) is 13.8. The normalized spacial score (nSPS) is 10.1. The molecular formula is C11H10F2N4O2. The molecule has 0 unspecified atom stereocenters. The maximum absolute atomic E-state index is 13.4. The van der Waals surface area contributed by atoms with Gasteiger partial charge in [0.1, 0.15) is 0 Å². The summed E-state index contributed by atoms with van der Waals surface area (Å²) in [5.74, 6) is -2.30. The number of amides is 2. The minimum atomic E-state index is -0.902. The minimum absolute atomic E-state index is 0.0307. The molecule has 0 saturated heterocycles. The highest BCUT2D eigenvalue weighted by Crippen LogP contribution is 2.25. The Morgan fingerprint density at radius 1 is 1.26 bits per heavy atom. The van der Waals surface area contributed by atoms with Crippen molar-refractivity contribution in [2.75, 3.05) is 17.7 Å². The van der Waals surface area contributed by atoms with Gasteiger partial charge in [-0.1, -0.05) is 0 Å². The van der Waals surface area contributed by atoms with Gasteiger partial charge in [-0.3, -0.25) is 5.10 Å². The van der Waals surface area contributed by atoms with E-state index in [1.54, 1.807) is 0 Å². The van der Waals surface area contributed by atoms with Crippen LogP contribution in [-0.2, 0) is 0 Å². The highest BCUT2D eigenvalue weighted by atomic mass is 19.1. The maximum atomic E-state index is 13.4. The topological polar surface area (TPSA) is 79.0 Å². The second-order valence-corrected chi connectivity index (χ2v) is 3.54. The average Bonchev–Trinajstić information content (AvgIpc) is 2.81. The number of nitrogens with zero attached hydrogens (tertiary/aromatic N) is 1. The van der Waals surface area contributed by atoms with E-state index in [1.165, 1.54) is 12.4 Å². The van der Waals surface area contributed by atoms with E-state index in [1.807, 2.05) is 0 Å². The molecule has 0 saturated carbocycles. The number of rotatable bonds is 3. The second kappa shape index (κ2) is 5.34. The van der Waals surface area contributed by atoms with Gasteiger partial charge >= 0.3 is 6.03 Å². The third-order valence-corrected chi connectivity index (χ3v) is 2.22. The molecule has 2 amide bonds. The number of halogens is 2. The highest BCUT2D eigenvalue weighted by molar-refractivity contribution is 5.99. The summed E-state index contributed by atoms with van der Waals surface area (Å²) in [5, 5.41) is 10.8. The smallest absolute Gasteiger partial charge is 0.323 e. The molecule has 0 fully saturated rings. The first-order chi connectivity index (χ1) is 9.10. The van der Waals surface area contributed by atoms with E-state index in [0.717, 1.165) is 19.2 Å². The summed E-state index contributed by atoms with van der Waals surface area (Å²) in [6.07, 6.45) is 2.84. The quantitative estimate of drug-likeness (QED) is 0.799. The molecule has 19 heavy (non-hydrogen) atoms. The van der Waals surface area contributed by atoms with Crippen LogP contribution in [-0.4, -0.2) is 23.3 Å². The van der Waals surface area contributed by atoms with Crippen LogP contribution in [0.2, 0.25) is 0 Å². The number of hydrogen-bond acceptors (Lipinski definition) is 3. The Morgan fingerprint density at radius 2 is 1.89 bits per heavy atom.